The smallest absolute Gasteiger partial charge is 0.129 e. The van der Waals surface area contributed by atoms with Crippen molar-refractivity contribution < 1.29 is 8.78 Å². The first-order valence-corrected chi connectivity index (χ1v) is 5.99. The molecule has 2 aromatic rings. The summed E-state index contributed by atoms with van der Waals surface area (Å²) in [4.78, 5) is 4.17. The van der Waals surface area contributed by atoms with Gasteiger partial charge < -0.3 is 0 Å². The lowest BCUT2D eigenvalue weighted by Gasteiger charge is -2.16. The predicted octanol–water partition coefficient (Wildman–Crippen LogP) is 1.98. The minimum absolute atomic E-state index is 0.0429. The Hall–Kier alpha value is -1.85. The van der Waals surface area contributed by atoms with Crippen molar-refractivity contribution in [3.63, 3.8) is 0 Å². The fourth-order valence-corrected chi connectivity index (χ4v) is 1.94. The van der Waals surface area contributed by atoms with Gasteiger partial charge in [-0.3, -0.25) is 16.3 Å². The first-order valence-electron chi connectivity index (χ1n) is 5.99. The number of pyridine rings is 1. The van der Waals surface area contributed by atoms with E-state index in [4.69, 9.17) is 5.84 Å². The molecule has 19 heavy (non-hydrogen) atoms. The summed E-state index contributed by atoms with van der Waals surface area (Å²) in [7, 11) is 0. The number of rotatable bonds is 5. The van der Waals surface area contributed by atoms with E-state index in [1.807, 2.05) is 18.2 Å². The standard InChI is InChI=1S/C14H15F2N3/c15-13-5-3-6-14(16)12(13)9-11(19-17)8-10-4-1-2-7-18-10/h1-7,11,19H,8-9,17H2. The SMILES string of the molecule is NNC(Cc1ccccn1)Cc1c(F)cccc1F. The zero-order valence-electron chi connectivity index (χ0n) is 10.3. The fraction of sp³-hybridized carbons (Fsp3) is 0.214. The molecule has 0 saturated carbocycles. The van der Waals surface area contributed by atoms with Crippen LogP contribution in [0.25, 0.3) is 0 Å². The summed E-state index contributed by atoms with van der Waals surface area (Å²) >= 11 is 0. The molecule has 0 aliphatic rings. The van der Waals surface area contributed by atoms with Gasteiger partial charge >= 0.3 is 0 Å². The summed E-state index contributed by atoms with van der Waals surface area (Å²) in [6, 6.07) is 9.07. The third-order valence-corrected chi connectivity index (χ3v) is 2.93. The number of halogens is 2. The fourth-order valence-electron chi connectivity index (χ4n) is 1.94. The van der Waals surface area contributed by atoms with Crippen molar-refractivity contribution in [2.45, 2.75) is 18.9 Å². The Bertz CT molecular complexity index is 511. The topological polar surface area (TPSA) is 50.9 Å². The van der Waals surface area contributed by atoms with Gasteiger partial charge in [0, 0.05) is 29.9 Å². The van der Waals surface area contributed by atoms with E-state index in [0.29, 0.717) is 6.42 Å². The molecule has 1 heterocycles. The first-order chi connectivity index (χ1) is 9.20. The second-order valence-electron chi connectivity index (χ2n) is 4.29. The maximum absolute atomic E-state index is 13.6. The molecule has 3 nitrogen and oxygen atoms in total. The van der Waals surface area contributed by atoms with E-state index in [1.54, 1.807) is 6.20 Å². The van der Waals surface area contributed by atoms with E-state index in [9.17, 15) is 8.78 Å². The molecule has 100 valence electrons. The number of aromatic nitrogens is 1. The third-order valence-electron chi connectivity index (χ3n) is 2.93. The molecule has 1 aromatic carbocycles. The molecule has 0 bridgehead atoms. The summed E-state index contributed by atoms with van der Waals surface area (Å²) in [5, 5.41) is 0. The summed E-state index contributed by atoms with van der Waals surface area (Å²) in [6.07, 6.45) is 2.35. The molecular weight excluding hydrogens is 248 g/mol. The second-order valence-corrected chi connectivity index (χ2v) is 4.29. The van der Waals surface area contributed by atoms with Crippen LogP contribution in [0.15, 0.2) is 42.6 Å². The second kappa shape index (κ2) is 6.36. The van der Waals surface area contributed by atoms with Crippen LogP contribution in [-0.2, 0) is 12.8 Å². The van der Waals surface area contributed by atoms with Gasteiger partial charge in [-0.05, 0) is 30.7 Å². The molecule has 0 saturated heterocycles. The average Bonchev–Trinajstić information content (AvgIpc) is 2.43. The maximum atomic E-state index is 13.6. The zero-order valence-corrected chi connectivity index (χ0v) is 10.3. The molecule has 0 spiro atoms. The van der Waals surface area contributed by atoms with Gasteiger partial charge in [0.05, 0.1) is 0 Å². The van der Waals surface area contributed by atoms with Crippen molar-refractivity contribution in [3.8, 4) is 0 Å². The van der Waals surface area contributed by atoms with Crippen molar-refractivity contribution in [1.29, 1.82) is 0 Å². The number of hydrogen-bond donors (Lipinski definition) is 2. The summed E-state index contributed by atoms with van der Waals surface area (Å²) in [5.74, 6) is 4.34. The monoisotopic (exact) mass is 263 g/mol. The minimum Gasteiger partial charge on any atom is -0.271 e. The molecule has 0 aliphatic heterocycles. The number of hydrogen-bond acceptors (Lipinski definition) is 3. The lowest BCUT2D eigenvalue weighted by Crippen LogP contribution is -2.39. The highest BCUT2D eigenvalue weighted by Crippen LogP contribution is 2.15. The van der Waals surface area contributed by atoms with Crippen LogP contribution >= 0.6 is 0 Å². The van der Waals surface area contributed by atoms with E-state index in [1.165, 1.54) is 18.2 Å². The lowest BCUT2D eigenvalue weighted by molar-refractivity contribution is 0.481. The molecule has 0 radical (unpaired) electrons. The highest BCUT2D eigenvalue weighted by molar-refractivity contribution is 5.21. The van der Waals surface area contributed by atoms with Crippen LogP contribution in [0.2, 0.25) is 0 Å². The van der Waals surface area contributed by atoms with Gasteiger partial charge in [-0.2, -0.15) is 0 Å². The Labute approximate surface area is 110 Å². The van der Waals surface area contributed by atoms with Crippen LogP contribution in [0, 0.1) is 11.6 Å². The quantitative estimate of drug-likeness (QED) is 0.640. The van der Waals surface area contributed by atoms with Crippen LogP contribution in [-0.4, -0.2) is 11.0 Å². The first kappa shape index (κ1) is 13.6. The van der Waals surface area contributed by atoms with Gasteiger partial charge in [0.2, 0.25) is 0 Å². The molecule has 5 heteroatoms. The molecule has 2 rings (SSSR count). The van der Waals surface area contributed by atoms with Crippen molar-refractivity contribution in [2.24, 2.45) is 5.84 Å². The molecule has 1 aromatic heterocycles. The van der Waals surface area contributed by atoms with Crippen LogP contribution < -0.4 is 11.3 Å². The maximum Gasteiger partial charge on any atom is 0.129 e. The number of nitrogens with zero attached hydrogens (tertiary/aromatic N) is 1. The zero-order chi connectivity index (χ0) is 13.7. The largest absolute Gasteiger partial charge is 0.271 e. The number of nitrogens with two attached hydrogens (primary N) is 1. The Morgan fingerprint density at radius 1 is 1.05 bits per heavy atom. The molecule has 0 fully saturated rings. The molecule has 0 amide bonds. The third kappa shape index (κ3) is 3.56. The number of hydrazine groups is 1. The van der Waals surface area contributed by atoms with Crippen molar-refractivity contribution in [2.75, 3.05) is 0 Å². The van der Waals surface area contributed by atoms with Crippen LogP contribution in [0.3, 0.4) is 0 Å². The molecule has 0 aliphatic carbocycles. The van der Waals surface area contributed by atoms with Crippen molar-refractivity contribution >= 4 is 0 Å². The molecule has 1 atom stereocenters. The number of nitrogens with one attached hydrogen (secondary N) is 1. The summed E-state index contributed by atoms with van der Waals surface area (Å²) in [6.45, 7) is 0. The Morgan fingerprint density at radius 3 is 2.37 bits per heavy atom. The van der Waals surface area contributed by atoms with E-state index in [0.717, 1.165) is 5.69 Å². The lowest BCUT2D eigenvalue weighted by atomic mass is 10.0. The normalized spacial score (nSPS) is 12.4. The molecular formula is C14H15F2N3. The Balaban J connectivity index is 2.11. The Morgan fingerprint density at radius 2 is 1.79 bits per heavy atom. The molecule has 3 N–H and O–H groups in total. The molecule has 1 unspecified atom stereocenters. The van der Waals surface area contributed by atoms with Gasteiger partial charge in [0.1, 0.15) is 11.6 Å². The van der Waals surface area contributed by atoms with Crippen LogP contribution in [0.5, 0.6) is 0 Å². The van der Waals surface area contributed by atoms with Crippen molar-refractivity contribution in [3.05, 3.63) is 65.5 Å². The van der Waals surface area contributed by atoms with Crippen molar-refractivity contribution in [1.82, 2.24) is 10.4 Å². The van der Waals surface area contributed by atoms with E-state index in [-0.39, 0.29) is 18.0 Å². The van der Waals surface area contributed by atoms with Gasteiger partial charge in [0.15, 0.2) is 0 Å². The van der Waals surface area contributed by atoms with Gasteiger partial charge in [-0.1, -0.05) is 12.1 Å². The van der Waals surface area contributed by atoms with Gasteiger partial charge in [-0.15, -0.1) is 0 Å². The van der Waals surface area contributed by atoms with E-state index < -0.39 is 11.6 Å². The van der Waals surface area contributed by atoms with E-state index in [2.05, 4.69) is 10.4 Å². The highest BCUT2D eigenvalue weighted by atomic mass is 19.1. The Kier molecular flexibility index (Phi) is 4.54. The number of benzene rings is 1. The van der Waals surface area contributed by atoms with Crippen LogP contribution in [0.1, 0.15) is 11.3 Å². The van der Waals surface area contributed by atoms with Crippen LogP contribution in [0.4, 0.5) is 8.78 Å². The minimum atomic E-state index is -0.554. The summed E-state index contributed by atoms with van der Waals surface area (Å²) in [5.41, 5.74) is 3.44. The highest BCUT2D eigenvalue weighted by Gasteiger charge is 2.15. The summed E-state index contributed by atoms with van der Waals surface area (Å²) < 4.78 is 27.1. The van der Waals surface area contributed by atoms with Gasteiger partial charge in [-0.25, -0.2) is 8.78 Å². The predicted molar refractivity (Wildman–Crippen MR) is 69.1 cm³/mol. The average molecular weight is 263 g/mol. The van der Waals surface area contributed by atoms with Gasteiger partial charge in [0.25, 0.3) is 0 Å². The van der Waals surface area contributed by atoms with E-state index >= 15 is 0 Å².